The van der Waals surface area contributed by atoms with Crippen molar-refractivity contribution in [3.05, 3.63) is 30.4 Å². The molecule has 0 saturated carbocycles. The maximum atomic E-state index is 9.81. The summed E-state index contributed by atoms with van der Waals surface area (Å²) < 4.78 is 5.12. The first-order valence-electron chi connectivity index (χ1n) is 6.06. The van der Waals surface area contributed by atoms with E-state index in [1.165, 1.54) is 0 Å². The zero-order chi connectivity index (χ0) is 13.0. The lowest BCUT2D eigenvalue weighted by Crippen LogP contribution is -2.13. The van der Waals surface area contributed by atoms with E-state index in [0.717, 1.165) is 12.0 Å². The second-order valence-electron chi connectivity index (χ2n) is 4.74. The largest absolute Gasteiger partial charge is 0.393 e. The standard InChI is InChI=1S/C13H17N3O2/c1-9(2)6-11(17)7-12-15-13(16-18-12)10-4-3-5-14-8-10/h3-5,8-9,11,17H,6-7H2,1-2H3. The number of hydrogen-bond acceptors (Lipinski definition) is 5. The number of aliphatic hydroxyl groups excluding tert-OH is 1. The van der Waals surface area contributed by atoms with Gasteiger partial charge in [0.15, 0.2) is 0 Å². The third-order valence-electron chi connectivity index (χ3n) is 2.54. The molecule has 1 N–H and O–H groups in total. The van der Waals surface area contributed by atoms with E-state index in [0.29, 0.717) is 24.1 Å². The van der Waals surface area contributed by atoms with Crippen molar-refractivity contribution in [2.75, 3.05) is 0 Å². The number of aliphatic hydroxyl groups is 1. The summed E-state index contributed by atoms with van der Waals surface area (Å²) in [5, 5.41) is 13.7. The van der Waals surface area contributed by atoms with Gasteiger partial charge in [-0.15, -0.1) is 0 Å². The van der Waals surface area contributed by atoms with E-state index >= 15 is 0 Å². The third kappa shape index (κ3) is 3.37. The maximum absolute atomic E-state index is 9.81. The van der Waals surface area contributed by atoms with Crippen molar-refractivity contribution < 1.29 is 9.63 Å². The highest BCUT2D eigenvalue weighted by Gasteiger charge is 2.14. The first kappa shape index (κ1) is 12.7. The van der Waals surface area contributed by atoms with E-state index in [2.05, 4.69) is 29.0 Å². The Morgan fingerprint density at radius 3 is 2.89 bits per heavy atom. The number of nitrogens with zero attached hydrogens (tertiary/aromatic N) is 3. The topological polar surface area (TPSA) is 72.0 Å². The highest BCUT2D eigenvalue weighted by molar-refractivity contribution is 5.51. The van der Waals surface area contributed by atoms with Gasteiger partial charge in [0.05, 0.1) is 12.5 Å². The minimum Gasteiger partial charge on any atom is -0.393 e. The summed E-state index contributed by atoms with van der Waals surface area (Å²) in [6.07, 6.45) is 4.05. The lowest BCUT2D eigenvalue weighted by Gasteiger charge is -2.09. The average Bonchev–Trinajstić information content (AvgIpc) is 2.77. The number of hydrogen-bond donors (Lipinski definition) is 1. The van der Waals surface area contributed by atoms with Gasteiger partial charge in [-0.25, -0.2) is 0 Å². The van der Waals surface area contributed by atoms with E-state index < -0.39 is 6.10 Å². The molecule has 96 valence electrons. The molecular weight excluding hydrogens is 230 g/mol. The van der Waals surface area contributed by atoms with Crippen molar-refractivity contribution >= 4 is 0 Å². The molecule has 0 radical (unpaired) electrons. The number of pyridine rings is 1. The minimum absolute atomic E-state index is 0.394. The predicted molar refractivity (Wildman–Crippen MR) is 66.7 cm³/mol. The molecule has 0 aromatic carbocycles. The zero-order valence-corrected chi connectivity index (χ0v) is 10.6. The van der Waals surface area contributed by atoms with Gasteiger partial charge in [-0.3, -0.25) is 4.98 Å². The van der Waals surface area contributed by atoms with Crippen LogP contribution in [0.25, 0.3) is 11.4 Å². The molecule has 2 heterocycles. The predicted octanol–water partition coefficient (Wildman–Crippen LogP) is 2.08. The number of aromatic nitrogens is 3. The van der Waals surface area contributed by atoms with Crippen LogP contribution in [-0.4, -0.2) is 26.3 Å². The Balaban J connectivity index is 2.03. The van der Waals surface area contributed by atoms with Crippen LogP contribution < -0.4 is 0 Å². The van der Waals surface area contributed by atoms with Crippen LogP contribution in [0.4, 0.5) is 0 Å². The Kier molecular flexibility index (Phi) is 4.04. The molecule has 0 aliphatic rings. The summed E-state index contributed by atoms with van der Waals surface area (Å²) in [5.41, 5.74) is 0.811. The van der Waals surface area contributed by atoms with Crippen molar-refractivity contribution in [1.29, 1.82) is 0 Å². The van der Waals surface area contributed by atoms with Crippen molar-refractivity contribution in [3.63, 3.8) is 0 Å². The van der Waals surface area contributed by atoms with Gasteiger partial charge in [0.2, 0.25) is 11.7 Å². The normalized spacial score (nSPS) is 12.9. The molecule has 1 unspecified atom stereocenters. The van der Waals surface area contributed by atoms with Crippen LogP contribution in [0.15, 0.2) is 29.0 Å². The van der Waals surface area contributed by atoms with Gasteiger partial charge in [-0.1, -0.05) is 19.0 Å². The van der Waals surface area contributed by atoms with Crippen LogP contribution in [0.5, 0.6) is 0 Å². The highest BCUT2D eigenvalue weighted by atomic mass is 16.5. The Hall–Kier alpha value is -1.75. The Labute approximate surface area is 106 Å². The van der Waals surface area contributed by atoms with Crippen LogP contribution >= 0.6 is 0 Å². The van der Waals surface area contributed by atoms with E-state index in [1.807, 2.05) is 12.1 Å². The molecule has 0 amide bonds. The van der Waals surface area contributed by atoms with Gasteiger partial charge in [0, 0.05) is 18.0 Å². The van der Waals surface area contributed by atoms with Gasteiger partial charge in [0.25, 0.3) is 0 Å². The first-order valence-corrected chi connectivity index (χ1v) is 6.06. The van der Waals surface area contributed by atoms with Crippen LogP contribution in [0, 0.1) is 5.92 Å². The Morgan fingerprint density at radius 1 is 1.39 bits per heavy atom. The van der Waals surface area contributed by atoms with Crippen LogP contribution in [-0.2, 0) is 6.42 Å². The molecule has 5 heteroatoms. The summed E-state index contributed by atoms with van der Waals surface area (Å²) in [7, 11) is 0. The fraction of sp³-hybridized carbons (Fsp3) is 0.462. The molecule has 0 aliphatic heterocycles. The molecule has 0 saturated heterocycles. The van der Waals surface area contributed by atoms with Crippen molar-refractivity contribution in [1.82, 2.24) is 15.1 Å². The molecule has 2 aromatic rings. The average molecular weight is 247 g/mol. The van der Waals surface area contributed by atoms with Gasteiger partial charge in [-0.2, -0.15) is 4.98 Å². The number of rotatable bonds is 5. The molecule has 0 aliphatic carbocycles. The summed E-state index contributed by atoms with van der Waals surface area (Å²) >= 11 is 0. The van der Waals surface area contributed by atoms with Gasteiger partial charge < -0.3 is 9.63 Å². The SMILES string of the molecule is CC(C)CC(O)Cc1nc(-c2cccnc2)no1. The van der Waals surface area contributed by atoms with E-state index in [9.17, 15) is 5.11 Å². The summed E-state index contributed by atoms with van der Waals surface area (Å²) in [6, 6.07) is 3.69. The second kappa shape index (κ2) is 5.73. The molecule has 5 nitrogen and oxygen atoms in total. The molecular formula is C13H17N3O2. The van der Waals surface area contributed by atoms with E-state index in [1.54, 1.807) is 12.4 Å². The van der Waals surface area contributed by atoms with Crippen molar-refractivity contribution in [3.8, 4) is 11.4 Å². The molecule has 0 spiro atoms. The molecule has 2 aromatic heterocycles. The lowest BCUT2D eigenvalue weighted by molar-refractivity contribution is 0.138. The van der Waals surface area contributed by atoms with Crippen LogP contribution in [0.2, 0.25) is 0 Å². The monoisotopic (exact) mass is 247 g/mol. The molecule has 0 fully saturated rings. The minimum atomic E-state index is -0.438. The van der Waals surface area contributed by atoms with Crippen LogP contribution in [0.1, 0.15) is 26.2 Å². The Bertz CT molecular complexity index is 482. The van der Waals surface area contributed by atoms with Crippen molar-refractivity contribution in [2.45, 2.75) is 32.8 Å². The molecule has 1 atom stereocenters. The Morgan fingerprint density at radius 2 is 2.22 bits per heavy atom. The first-order chi connectivity index (χ1) is 8.65. The summed E-state index contributed by atoms with van der Waals surface area (Å²) in [4.78, 5) is 8.25. The summed E-state index contributed by atoms with van der Waals surface area (Å²) in [6.45, 7) is 4.14. The maximum Gasteiger partial charge on any atom is 0.229 e. The molecule has 18 heavy (non-hydrogen) atoms. The zero-order valence-electron chi connectivity index (χ0n) is 10.6. The van der Waals surface area contributed by atoms with E-state index in [-0.39, 0.29) is 0 Å². The third-order valence-corrected chi connectivity index (χ3v) is 2.54. The van der Waals surface area contributed by atoms with Gasteiger partial charge in [-0.05, 0) is 24.5 Å². The quantitative estimate of drug-likeness (QED) is 0.875. The second-order valence-corrected chi connectivity index (χ2v) is 4.74. The van der Waals surface area contributed by atoms with E-state index in [4.69, 9.17) is 4.52 Å². The van der Waals surface area contributed by atoms with Gasteiger partial charge in [0.1, 0.15) is 0 Å². The molecule has 0 bridgehead atoms. The summed E-state index contributed by atoms with van der Waals surface area (Å²) in [5.74, 6) is 1.41. The smallest absolute Gasteiger partial charge is 0.229 e. The fourth-order valence-corrected chi connectivity index (χ4v) is 1.78. The van der Waals surface area contributed by atoms with Gasteiger partial charge >= 0.3 is 0 Å². The lowest BCUT2D eigenvalue weighted by atomic mass is 10.0. The van der Waals surface area contributed by atoms with Crippen molar-refractivity contribution in [2.24, 2.45) is 5.92 Å². The molecule has 2 rings (SSSR count). The highest BCUT2D eigenvalue weighted by Crippen LogP contribution is 2.15. The fourth-order valence-electron chi connectivity index (χ4n) is 1.78. The van der Waals surface area contributed by atoms with Crippen LogP contribution in [0.3, 0.4) is 0 Å².